The van der Waals surface area contributed by atoms with Crippen LogP contribution in [0.5, 0.6) is 0 Å². The van der Waals surface area contributed by atoms with Crippen LogP contribution in [0.2, 0.25) is 0 Å². The molecule has 0 amide bonds. The molecule has 0 fully saturated rings. The van der Waals surface area contributed by atoms with Gasteiger partial charge in [0.2, 0.25) is 0 Å². The summed E-state index contributed by atoms with van der Waals surface area (Å²) in [5.41, 5.74) is 0.657. The summed E-state index contributed by atoms with van der Waals surface area (Å²) in [5.74, 6) is 4.42. The van der Waals surface area contributed by atoms with Gasteiger partial charge in [0.15, 0.2) is 0 Å². The molecule has 50 valence electrons. The van der Waals surface area contributed by atoms with E-state index in [1.807, 2.05) is 0 Å². The van der Waals surface area contributed by atoms with Crippen molar-refractivity contribution >= 4 is 0 Å². The van der Waals surface area contributed by atoms with Crippen molar-refractivity contribution in [2.24, 2.45) is 0 Å². The lowest BCUT2D eigenvalue weighted by molar-refractivity contribution is 0.0460. The third kappa shape index (κ3) is 0.642. The van der Waals surface area contributed by atoms with Crippen molar-refractivity contribution in [2.45, 2.75) is 12.2 Å². The number of aliphatic hydroxyl groups is 2. The average Bonchev–Trinajstić information content (AvgIpc) is 1.97. The standard InChI is InChI=1S/C8H6O2/c1-3-5-6(4-2)8(10)7(5)9/h1-2,7-10H/t7-,8+. The van der Waals surface area contributed by atoms with Crippen LogP contribution in [0.25, 0.3) is 0 Å². The summed E-state index contributed by atoms with van der Waals surface area (Å²) in [6.07, 6.45) is 8.06. The predicted molar refractivity (Wildman–Crippen MR) is 36.7 cm³/mol. The molecule has 2 atom stereocenters. The lowest BCUT2D eigenvalue weighted by Crippen LogP contribution is -2.39. The minimum absolute atomic E-state index is 0.329. The Balaban J connectivity index is 3.00. The highest BCUT2D eigenvalue weighted by molar-refractivity contribution is 5.54. The third-order valence-corrected chi connectivity index (χ3v) is 1.49. The van der Waals surface area contributed by atoms with Crippen LogP contribution in [0.1, 0.15) is 0 Å². The number of hydrogen-bond donors (Lipinski definition) is 2. The molecule has 10 heavy (non-hydrogen) atoms. The number of hydrogen-bond acceptors (Lipinski definition) is 2. The molecule has 1 aliphatic rings. The highest BCUT2D eigenvalue weighted by Crippen LogP contribution is 2.27. The van der Waals surface area contributed by atoms with Gasteiger partial charge in [0.05, 0.1) is 0 Å². The molecule has 0 saturated carbocycles. The smallest absolute Gasteiger partial charge is 0.118 e. The van der Waals surface area contributed by atoms with E-state index in [4.69, 9.17) is 23.1 Å². The Bertz CT molecular complexity index is 234. The Labute approximate surface area is 59.2 Å². The fourth-order valence-corrected chi connectivity index (χ4v) is 0.864. The lowest BCUT2D eigenvalue weighted by atomic mass is 9.83. The molecule has 2 nitrogen and oxygen atoms in total. The Morgan fingerprint density at radius 3 is 1.50 bits per heavy atom. The SMILES string of the molecule is C#CC1=C(C#C)[C@H](O)[C@@H]1O. The molecule has 1 aliphatic carbocycles. The van der Waals surface area contributed by atoms with Crippen LogP contribution in [0.3, 0.4) is 0 Å². The Hall–Kier alpha value is -1.22. The van der Waals surface area contributed by atoms with E-state index in [0.29, 0.717) is 11.1 Å². The fourth-order valence-electron chi connectivity index (χ4n) is 0.864. The monoisotopic (exact) mass is 134 g/mol. The second-order valence-electron chi connectivity index (χ2n) is 2.01. The summed E-state index contributed by atoms with van der Waals surface area (Å²) in [6, 6.07) is 0. The van der Waals surface area contributed by atoms with E-state index in [0.717, 1.165) is 0 Å². The van der Waals surface area contributed by atoms with Crippen molar-refractivity contribution < 1.29 is 10.2 Å². The van der Waals surface area contributed by atoms with Gasteiger partial charge in [-0.15, -0.1) is 12.8 Å². The van der Waals surface area contributed by atoms with Gasteiger partial charge in [-0.1, -0.05) is 11.8 Å². The van der Waals surface area contributed by atoms with Gasteiger partial charge in [-0.3, -0.25) is 0 Å². The number of rotatable bonds is 0. The lowest BCUT2D eigenvalue weighted by Gasteiger charge is -2.28. The zero-order chi connectivity index (χ0) is 7.72. The van der Waals surface area contributed by atoms with Crippen LogP contribution in [0.4, 0.5) is 0 Å². The van der Waals surface area contributed by atoms with Crippen LogP contribution in [0.15, 0.2) is 11.1 Å². The van der Waals surface area contributed by atoms with E-state index in [1.165, 1.54) is 0 Å². The highest BCUT2D eigenvalue weighted by Gasteiger charge is 2.35. The topological polar surface area (TPSA) is 40.5 Å². The first kappa shape index (κ1) is 6.89. The van der Waals surface area contributed by atoms with Crippen LogP contribution < -0.4 is 0 Å². The molecule has 0 heterocycles. The van der Waals surface area contributed by atoms with E-state index in [9.17, 15) is 0 Å². The second-order valence-corrected chi connectivity index (χ2v) is 2.01. The summed E-state index contributed by atoms with van der Waals surface area (Å²) in [5, 5.41) is 17.9. The van der Waals surface area contributed by atoms with Gasteiger partial charge in [0.25, 0.3) is 0 Å². The van der Waals surface area contributed by atoms with Gasteiger partial charge < -0.3 is 10.2 Å². The van der Waals surface area contributed by atoms with Gasteiger partial charge >= 0.3 is 0 Å². The first-order chi connectivity index (χ1) is 4.72. The van der Waals surface area contributed by atoms with E-state index in [-0.39, 0.29) is 0 Å². The Kier molecular flexibility index (Phi) is 1.51. The molecule has 0 radical (unpaired) electrons. The summed E-state index contributed by atoms with van der Waals surface area (Å²) in [4.78, 5) is 0. The number of aliphatic hydroxyl groups excluding tert-OH is 2. The molecule has 0 aliphatic heterocycles. The first-order valence-electron chi connectivity index (χ1n) is 2.75. The van der Waals surface area contributed by atoms with Gasteiger partial charge in [-0.2, -0.15) is 0 Å². The molecule has 0 aromatic carbocycles. The highest BCUT2D eigenvalue weighted by atomic mass is 16.3. The zero-order valence-corrected chi connectivity index (χ0v) is 5.20. The molecule has 0 unspecified atom stereocenters. The summed E-state index contributed by atoms with van der Waals surface area (Å²) in [7, 11) is 0. The minimum atomic E-state index is -0.948. The summed E-state index contributed by atoms with van der Waals surface area (Å²) >= 11 is 0. The van der Waals surface area contributed by atoms with Crippen LogP contribution in [0, 0.1) is 24.7 Å². The summed E-state index contributed by atoms with van der Waals surface area (Å²) in [6.45, 7) is 0. The molecule has 0 spiro atoms. The largest absolute Gasteiger partial charge is 0.385 e. The van der Waals surface area contributed by atoms with Crippen molar-refractivity contribution in [3.63, 3.8) is 0 Å². The van der Waals surface area contributed by atoms with Gasteiger partial charge in [0.1, 0.15) is 12.2 Å². The van der Waals surface area contributed by atoms with Crippen molar-refractivity contribution in [2.75, 3.05) is 0 Å². The van der Waals surface area contributed by atoms with Gasteiger partial charge in [-0.05, 0) is 0 Å². The Morgan fingerprint density at radius 2 is 1.30 bits per heavy atom. The molecule has 2 N–H and O–H groups in total. The van der Waals surface area contributed by atoms with Crippen LogP contribution >= 0.6 is 0 Å². The Morgan fingerprint density at radius 1 is 1.00 bits per heavy atom. The number of terminal acetylenes is 2. The average molecular weight is 134 g/mol. The van der Waals surface area contributed by atoms with Gasteiger partial charge in [0, 0.05) is 11.1 Å². The minimum Gasteiger partial charge on any atom is -0.385 e. The van der Waals surface area contributed by atoms with E-state index in [2.05, 4.69) is 11.8 Å². The maximum atomic E-state index is 8.93. The molecule has 1 rings (SSSR count). The van der Waals surface area contributed by atoms with Crippen molar-refractivity contribution in [1.29, 1.82) is 0 Å². The zero-order valence-electron chi connectivity index (χ0n) is 5.20. The predicted octanol–water partition coefficient (Wildman–Crippen LogP) is -0.715. The van der Waals surface area contributed by atoms with Crippen molar-refractivity contribution in [3.8, 4) is 24.7 Å². The van der Waals surface area contributed by atoms with Crippen molar-refractivity contribution in [1.82, 2.24) is 0 Å². The molecule has 2 heteroatoms. The maximum Gasteiger partial charge on any atom is 0.118 e. The third-order valence-electron chi connectivity index (χ3n) is 1.49. The molecular weight excluding hydrogens is 128 g/mol. The molecular formula is C8H6O2. The van der Waals surface area contributed by atoms with E-state index >= 15 is 0 Å². The maximum absolute atomic E-state index is 8.93. The van der Waals surface area contributed by atoms with Crippen LogP contribution in [-0.4, -0.2) is 22.4 Å². The van der Waals surface area contributed by atoms with Crippen molar-refractivity contribution in [3.05, 3.63) is 11.1 Å². The summed E-state index contributed by atoms with van der Waals surface area (Å²) < 4.78 is 0. The molecule has 0 bridgehead atoms. The molecule has 0 aromatic rings. The first-order valence-corrected chi connectivity index (χ1v) is 2.75. The molecule has 0 aromatic heterocycles. The van der Waals surface area contributed by atoms with Gasteiger partial charge in [-0.25, -0.2) is 0 Å². The van der Waals surface area contributed by atoms with Crippen LogP contribution in [-0.2, 0) is 0 Å². The van der Waals surface area contributed by atoms with E-state index in [1.54, 1.807) is 0 Å². The quantitative estimate of drug-likeness (QED) is 0.429. The second kappa shape index (κ2) is 2.19. The van der Waals surface area contributed by atoms with E-state index < -0.39 is 12.2 Å². The fraction of sp³-hybridized carbons (Fsp3) is 0.250. The normalized spacial score (nSPS) is 30.4. The molecule has 0 saturated heterocycles.